The molecule has 1 aliphatic heterocycles. The van der Waals surface area contributed by atoms with E-state index in [1.165, 1.54) is 6.20 Å². The lowest BCUT2D eigenvalue weighted by Gasteiger charge is -2.29. The summed E-state index contributed by atoms with van der Waals surface area (Å²) in [5.74, 6) is -1.86. The van der Waals surface area contributed by atoms with Crippen LogP contribution < -0.4 is 15.6 Å². The zero-order chi connectivity index (χ0) is 17.4. The highest BCUT2D eigenvalue weighted by molar-refractivity contribution is 5.93. The average molecular weight is 331 g/mol. The van der Waals surface area contributed by atoms with Crippen molar-refractivity contribution in [3.8, 4) is 0 Å². The van der Waals surface area contributed by atoms with Crippen LogP contribution in [0.15, 0.2) is 35.5 Å². The van der Waals surface area contributed by atoms with Crippen LogP contribution in [-0.2, 0) is 6.54 Å². The molecule has 1 unspecified atom stereocenters. The molecule has 1 atom stereocenters. The Labute approximate surface area is 137 Å². The summed E-state index contributed by atoms with van der Waals surface area (Å²) < 4.78 is 16.2. The number of halogens is 1. The van der Waals surface area contributed by atoms with E-state index in [2.05, 4.69) is 5.32 Å². The van der Waals surface area contributed by atoms with E-state index in [9.17, 15) is 19.1 Å². The standard InChI is InChI=1S/C17H18FN3O3/c1-3-20-9-12(17(23)24)16(22)11-6-13(18)15(7-14(11)20)21-5-4-19-10(2)8-21/h4-7,9-10,19H,3,8H2,1-2H3,(H,23,24). The number of benzene rings is 1. The van der Waals surface area contributed by atoms with Crippen molar-refractivity contribution < 1.29 is 14.3 Å². The van der Waals surface area contributed by atoms with Gasteiger partial charge >= 0.3 is 5.97 Å². The molecule has 1 aromatic carbocycles. The van der Waals surface area contributed by atoms with Crippen LogP contribution in [0.3, 0.4) is 0 Å². The molecule has 7 heteroatoms. The third-order valence-electron chi connectivity index (χ3n) is 4.14. The fraction of sp³-hybridized carbons (Fsp3) is 0.294. The third kappa shape index (κ3) is 2.62. The van der Waals surface area contributed by atoms with Gasteiger partial charge in [-0.3, -0.25) is 4.79 Å². The summed E-state index contributed by atoms with van der Waals surface area (Å²) in [6, 6.07) is 2.89. The Morgan fingerprint density at radius 3 is 2.83 bits per heavy atom. The van der Waals surface area contributed by atoms with Crippen LogP contribution in [0.5, 0.6) is 0 Å². The number of carboxylic acids is 1. The number of hydrogen-bond acceptors (Lipinski definition) is 4. The summed E-state index contributed by atoms with van der Waals surface area (Å²) in [6.45, 7) is 4.88. The maximum absolute atomic E-state index is 14.6. The molecule has 1 aliphatic rings. The number of carbonyl (C=O) groups is 1. The molecule has 126 valence electrons. The van der Waals surface area contributed by atoms with Crippen molar-refractivity contribution in [2.45, 2.75) is 26.4 Å². The van der Waals surface area contributed by atoms with Crippen LogP contribution >= 0.6 is 0 Å². The van der Waals surface area contributed by atoms with E-state index in [0.717, 1.165) is 6.07 Å². The Morgan fingerprint density at radius 1 is 1.46 bits per heavy atom. The van der Waals surface area contributed by atoms with Crippen molar-refractivity contribution in [3.05, 3.63) is 52.3 Å². The monoisotopic (exact) mass is 331 g/mol. The van der Waals surface area contributed by atoms with Crippen LogP contribution in [0, 0.1) is 5.82 Å². The van der Waals surface area contributed by atoms with Crippen molar-refractivity contribution in [2.24, 2.45) is 0 Å². The van der Waals surface area contributed by atoms with E-state index in [4.69, 9.17) is 0 Å². The van der Waals surface area contributed by atoms with Crippen LogP contribution in [0.2, 0.25) is 0 Å². The number of nitrogens with one attached hydrogen (secondary N) is 1. The van der Waals surface area contributed by atoms with Crippen molar-refractivity contribution in [1.29, 1.82) is 0 Å². The summed E-state index contributed by atoms with van der Waals surface area (Å²) in [4.78, 5) is 25.3. The van der Waals surface area contributed by atoms with Gasteiger partial charge in [0.25, 0.3) is 0 Å². The predicted octanol–water partition coefficient (Wildman–Crippen LogP) is 2.13. The molecule has 0 radical (unpaired) electrons. The first kappa shape index (κ1) is 16.0. The lowest BCUT2D eigenvalue weighted by molar-refractivity contribution is 0.0695. The van der Waals surface area contributed by atoms with Gasteiger partial charge in [-0.2, -0.15) is 0 Å². The number of rotatable bonds is 3. The Kier molecular flexibility index (Phi) is 4.01. The van der Waals surface area contributed by atoms with Crippen LogP contribution in [-0.4, -0.2) is 28.2 Å². The normalized spacial score (nSPS) is 17.1. The maximum atomic E-state index is 14.6. The van der Waals surface area contributed by atoms with E-state index in [1.54, 1.807) is 27.9 Å². The Morgan fingerprint density at radius 2 is 2.21 bits per heavy atom. The van der Waals surface area contributed by atoms with E-state index in [-0.39, 0.29) is 17.0 Å². The second-order valence-electron chi connectivity index (χ2n) is 5.82. The number of aromatic carboxylic acids is 1. The number of hydrogen-bond donors (Lipinski definition) is 2. The summed E-state index contributed by atoms with van der Waals surface area (Å²) in [7, 11) is 0. The number of carboxylic acid groups (broad SMARTS) is 1. The second-order valence-corrected chi connectivity index (χ2v) is 5.82. The first-order valence-electron chi connectivity index (χ1n) is 7.71. The lowest BCUT2D eigenvalue weighted by Crippen LogP contribution is -2.39. The SMILES string of the molecule is CCn1cc(C(=O)O)c(=O)c2cc(F)c(N3C=CNC(C)C3)cc21. The summed E-state index contributed by atoms with van der Waals surface area (Å²) in [6.07, 6.45) is 4.80. The van der Waals surface area contributed by atoms with Crippen molar-refractivity contribution >= 4 is 22.6 Å². The van der Waals surface area contributed by atoms with E-state index >= 15 is 0 Å². The molecule has 0 amide bonds. The molecule has 24 heavy (non-hydrogen) atoms. The largest absolute Gasteiger partial charge is 0.477 e. The Hall–Kier alpha value is -2.83. The third-order valence-corrected chi connectivity index (χ3v) is 4.14. The molecule has 0 spiro atoms. The molecule has 2 N–H and O–H groups in total. The second kappa shape index (κ2) is 5.99. The Balaban J connectivity index is 2.26. The van der Waals surface area contributed by atoms with Gasteiger partial charge in [0.05, 0.1) is 11.2 Å². The zero-order valence-corrected chi connectivity index (χ0v) is 13.4. The van der Waals surface area contributed by atoms with Gasteiger partial charge in [-0.1, -0.05) is 0 Å². The van der Waals surface area contributed by atoms with Gasteiger partial charge in [-0.15, -0.1) is 0 Å². The molecule has 0 saturated heterocycles. The molecule has 0 fully saturated rings. The summed E-state index contributed by atoms with van der Waals surface area (Å²) >= 11 is 0. The van der Waals surface area contributed by atoms with Gasteiger partial charge in [0, 0.05) is 43.1 Å². The van der Waals surface area contributed by atoms with Crippen LogP contribution in [0.4, 0.5) is 10.1 Å². The molecular formula is C17H18FN3O3. The molecule has 1 aromatic heterocycles. The molecule has 6 nitrogen and oxygen atoms in total. The topological polar surface area (TPSA) is 74.6 Å². The fourth-order valence-corrected chi connectivity index (χ4v) is 2.92. The zero-order valence-electron chi connectivity index (χ0n) is 13.4. The molecule has 3 rings (SSSR count). The minimum absolute atomic E-state index is 0.0742. The fourth-order valence-electron chi connectivity index (χ4n) is 2.92. The molecular weight excluding hydrogens is 313 g/mol. The number of pyridine rings is 1. The number of aryl methyl sites for hydroxylation is 1. The first-order chi connectivity index (χ1) is 11.4. The molecule has 0 aliphatic carbocycles. The van der Waals surface area contributed by atoms with Gasteiger partial charge in [-0.05, 0) is 26.0 Å². The number of fused-ring (bicyclic) bond motifs is 1. The Bertz CT molecular complexity index is 904. The van der Waals surface area contributed by atoms with Gasteiger partial charge in [-0.25, -0.2) is 9.18 Å². The van der Waals surface area contributed by atoms with Gasteiger partial charge < -0.3 is 19.9 Å². The van der Waals surface area contributed by atoms with Gasteiger partial charge in [0.2, 0.25) is 5.43 Å². The lowest BCUT2D eigenvalue weighted by atomic mass is 10.1. The highest BCUT2D eigenvalue weighted by Crippen LogP contribution is 2.26. The van der Waals surface area contributed by atoms with E-state index in [1.807, 2.05) is 13.8 Å². The first-order valence-corrected chi connectivity index (χ1v) is 7.71. The minimum Gasteiger partial charge on any atom is -0.477 e. The average Bonchev–Trinajstić information content (AvgIpc) is 2.55. The molecule has 0 saturated carbocycles. The quantitative estimate of drug-likeness (QED) is 0.901. The smallest absolute Gasteiger partial charge is 0.341 e. The maximum Gasteiger partial charge on any atom is 0.341 e. The van der Waals surface area contributed by atoms with E-state index in [0.29, 0.717) is 24.3 Å². The van der Waals surface area contributed by atoms with Crippen molar-refractivity contribution in [2.75, 3.05) is 11.4 Å². The minimum atomic E-state index is -1.31. The van der Waals surface area contributed by atoms with Crippen molar-refractivity contribution in [3.63, 3.8) is 0 Å². The number of aromatic nitrogens is 1. The number of anilines is 1. The highest BCUT2D eigenvalue weighted by atomic mass is 19.1. The van der Waals surface area contributed by atoms with Gasteiger partial charge in [0.15, 0.2) is 0 Å². The molecule has 0 bridgehead atoms. The van der Waals surface area contributed by atoms with Gasteiger partial charge in [0.1, 0.15) is 11.4 Å². The highest BCUT2D eigenvalue weighted by Gasteiger charge is 2.20. The molecule has 2 aromatic rings. The van der Waals surface area contributed by atoms with Crippen LogP contribution in [0.25, 0.3) is 10.9 Å². The number of nitrogens with zero attached hydrogens (tertiary/aromatic N) is 2. The van der Waals surface area contributed by atoms with Crippen molar-refractivity contribution in [1.82, 2.24) is 9.88 Å². The molecule has 2 heterocycles. The summed E-state index contributed by atoms with van der Waals surface area (Å²) in [5.41, 5.74) is -0.149. The summed E-state index contributed by atoms with van der Waals surface area (Å²) in [5, 5.41) is 12.4. The van der Waals surface area contributed by atoms with E-state index < -0.39 is 17.2 Å². The predicted molar refractivity (Wildman–Crippen MR) is 89.9 cm³/mol. The van der Waals surface area contributed by atoms with Crippen LogP contribution in [0.1, 0.15) is 24.2 Å².